The molecule has 2 aromatic rings. The number of aromatic nitrogens is 3. The van der Waals surface area contributed by atoms with Crippen LogP contribution in [0.25, 0.3) is 0 Å². The predicted molar refractivity (Wildman–Crippen MR) is 88.3 cm³/mol. The number of amides is 2. The van der Waals surface area contributed by atoms with Gasteiger partial charge in [0.15, 0.2) is 0 Å². The third-order valence-corrected chi connectivity index (χ3v) is 4.15. The SMILES string of the molecule is COc1cc([N+](=O)[O-])ccc1NC(=O)N1CCCCC1c1ncn[nH]1. The van der Waals surface area contributed by atoms with E-state index in [1.807, 2.05) is 0 Å². The van der Waals surface area contributed by atoms with Crippen LogP contribution < -0.4 is 10.1 Å². The lowest BCUT2D eigenvalue weighted by Crippen LogP contribution is -2.41. The Balaban J connectivity index is 1.80. The van der Waals surface area contributed by atoms with E-state index in [1.54, 1.807) is 4.90 Å². The minimum absolute atomic E-state index is 0.104. The molecule has 1 aliphatic heterocycles. The van der Waals surface area contributed by atoms with E-state index in [2.05, 4.69) is 20.5 Å². The Morgan fingerprint density at radius 3 is 3.00 bits per heavy atom. The largest absolute Gasteiger partial charge is 0.494 e. The van der Waals surface area contributed by atoms with Crippen LogP contribution in [0.4, 0.5) is 16.2 Å². The van der Waals surface area contributed by atoms with Crippen LogP contribution in [0, 0.1) is 10.1 Å². The van der Waals surface area contributed by atoms with Crippen LogP contribution >= 0.6 is 0 Å². The Bertz CT molecular complexity index is 763. The number of urea groups is 1. The van der Waals surface area contributed by atoms with Crippen molar-refractivity contribution in [3.8, 4) is 5.75 Å². The van der Waals surface area contributed by atoms with E-state index in [0.29, 0.717) is 18.1 Å². The van der Waals surface area contributed by atoms with E-state index in [9.17, 15) is 14.9 Å². The topological polar surface area (TPSA) is 126 Å². The summed E-state index contributed by atoms with van der Waals surface area (Å²) < 4.78 is 5.16. The summed E-state index contributed by atoms with van der Waals surface area (Å²) >= 11 is 0. The molecule has 1 aliphatic rings. The Morgan fingerprint density at radius 2 is 2.32 bits per heavy atom. The first-order chi connectivity index (χ1) is 12.1. The molecule has 1 atom stereocenters. The monoisotopic (exact) mass is 346 g/mol. The smallest absolute Gasteiger partial charge is 0.322 e. The van der Waals surface area contributed by atoms with Crippen molar-refractivity contribution < 1.29 is 14.5 Å². The van der Waals surface area contributed by atoms with Crippen molar-refractivity contribution in [1.29, 1.82) is 0 Å². The number of hydrogen-bond acceptors (Lipinski definition) is 6. The van der Waals surface area contributed by atoms with Crippen molar-refractivity contribution in [3.05, 3.63) is 40.5 Å². The van der Waals surface area contributed by atoms with Crippen molar-refractivity contribution in [2.75, 3.05) is 19.0 Å². The summed E-state index contributed by atoms with van der Waals surface area (Å²) in [5.41, 5.74) is 0.271. The molecule has 2 heterocycles. The number of likely N-dealkylation sites (tertiary alicyclic amines) is 1. The fraction of sp³-hybridized carbons (Fsp3) is 0.400. The standard InChI is InChI=1S/C15H18N6O4/c1-25-13-8-10(21(23)24)5-6-11(13)18-15(22)20-7-3-2-4-12(20)14-16-9-17-19-14/h5-6,8-9,12H,2-4,7H2,1H3,(H,18,22)(H,16,17,19). The first-order valence-corrected chi connectivity index (χ1v) is 7.85. The maximum Gasteiger partial charge on any atom is 0.322 e. The number of anilines is 1. The lowest BCUT2D eigenvalue weighted by molar-refractivity contribution is -0.384. The van der Waals surface area contributed by atoms with E-state index in [1.165, 1.54) is 31.6 Å². The number of ether oxygens (including phenoxy) is 1. The molecular weight excluding hydrogens is 328 g/mol. The number of methoxy groups -OCH3 is 1. The number of nitrogens with one attached hydrogen (secondary N) is 2. The van der Waals surface area contributed by atoms with Crippen LogP contribution in [-0.2, 0) is 0 Å². The van der Waals surface area contributed by atoms with Gasteiger partial charge in [0.05, 0.1) is 29.8 Å². The highest BCUT2D eigenvalue weighted by Crippen LogP contribution is 2.32. The van der Waals surface area contributed by atoms with Crippen LogP contribution in [0.15, 0.2) is 24.5 Å². The average Bonchev–Trinajstić information content (AvgIpc) is 3.16. The second-order valence-corrected chi connectivity index (χ2v) is 5.65. The van der Waals surface area contributed by atoms with E-state index < -0.39 is 4.92 Å². The zero-order valence-electron chi connectivity index (χ0n) is 13.6. The van der Waals surface area contributed by atoms with E-state index in [4.69, 9.17) is 4.74 Å². The highest BCUT2D eigenvalue weighted by Gasteiger charge is 2.30. The molecule has 10 heteroatoms. The molecule has 2 N–H and O–H groups in total. The van der Waals surface area contributed by atoms with Gasteiger partial charge in [0.25, 0.3) is 5.69 Å². The first kappa shape index (κ1) is 16.7. The highest BCUT2D eigenvalue weighted by atomic mass is 16.6. The second kappa shape index (κ2) is 7.16. The van der Waals surface area contributed by atoms with Crippen LogP contribution in [0.3, 0.4) is 0 Å². The molecule has 25 heavy (non-hydrogen) atoms. The molecule has 1 aromatic carbocycles. The zero-order valence-corrected chi connectivity index (χ0v) is 13.6. The summed E-state index contributed by atoms with van der Waals surface area (Å²) in [6.45, 7) is 0.590. The highest BCUT2D eigenvalue weighted by molar-refractivity contribution is 5.91. The summed E-state index contributed by atoms with van der Waals surface area (Å²) in [6.07, 6.45) is 4.10. The van der Waals surface area contributed by atoms with Gasteiger partial charge in [0.1, 0.15) is 17.9 Å². The molecular formula is C15H18N6O4. The molecule has 1 fully saturated rings. The van der Waals surface area contributed by atoms with Gasteiger partial charge in [-0.05, 0) is 25.3 Å². The molecule has 0 spiro atoms. The minimum atomic E-state index is -0.515. The average molecular weight is 346 g/mol. The molecule has 10 nitrogen and oxygen atoms in total. The number of rotatable bonds is 4. The number of carbonyl (C=O) groups excluding carboxylic acids is 1. The summed E-state index contributed by atoms with van der Waals surface area (Å²) in [6, 6.07) is 3.57. The molecule has 1 aromatic heterocycles. The molecule has 132 valence electrons. The van der Waals surface area contributed by atoms with E-state index in [-0.39, 0.29) is 23.5 Å². The predicted octanol–water partition coefficient (Wildman–Crippen LogP) is 2.48. The summed E-state index contributed by atoms with van der Waals surface area (Å²) in [5, 5.41) is 20.3. The molecule has 0 saturated carbocycles. The molecule has 2 amide bonds. The number of benzene rings is 1. The van der Waals surface area contributed by atoms with Crippen molar-refractivity contribution in [1.82, 2.24) is 20.1 Å². The summed E-state index contributed by atoms with van der Waals surface area (Å²) in [5.74, 6) is 0.876. The van der Waals surface area contributed by atoms with Crippen molar-refractivity contribution in [2.24, 2.45) is 0 Å². The number of nitrogens with zero attached hydrogens (tertiary/aromatic N) is 4. The van der Waals surface area contributed by atoms with E-state index >= 15 is 0 Å². The number of non-ortho nitro benzene ring substituents is 1. The van der Waals surface area contributed by atoms with Gasteiger partial charge >= 0.3 is 6.03 Å². The second-order valence-electron chi connectivity index (χ2n) is 5.65. The van der Waals surface area contributed by atoms with Crippen LogP contribution in [0.5, 0.6) is 5.75 Å². The van der Waals surface area contributed by atoms with Gasteiger partial charge in [0, 0.05) is 12.6 Å². The Kier molecular flexibility index (Phi) is 4.78. The van der Waals surface area contributed by atoms with E-state index in [0.717, 1.165) is 19.3 Å². The fourth-order valence-electron chi connectivity index (χ4n) is 2.92. The van der Waals surface area contributed by atoms with Gasteiger partial charge in [-0.15, -0.1) is 0 Å². The lowest BCUT2D eigenvalue weighted by atomic mass is 10.0. The zero-order chi connectivity index (χ0) is 17.8. The Labute approximate surface area is 143 Å². The molecule has 1 unspecified atom stereocenters. The van der Waals surface area contributed by atoms with Gasteiger partial charge in [-0.3, -0.25) is 15.2 Å². The third kappa shape index (κ3) is 3.52. The number of aromatic amines is 1. The Morgan fingerprint density at radius 1 is 1.48 bits per heavy atom. The normalized spacial score (nSPS) is 17.2. The molecule has 0 radical (unpaired) electrons. The van der Waals surface area contributed by atoms with Crippen molar-refractivity contribution >= 4 is 17.4 Å². The third-order valence-electron chi connectivity index (χ3n) is 4.15. The van der Waals surface area contributed by atoms with Crippen LogP contribution in [-0.4, -0.2) is 44.7 Å². The number of nitro benzene ring substituents is 1. The van der Waals surface area contributed by atoms with Crippen LogP contribution in [0.1, 0.15) is 31.1 Å². The number of hydrogen-bond donors (Lipinski definition) is 2. The lowest BCUT2D eigenvalue weighted by Gasteiger charge is -2.34. The van der Waals surface area contributed by atoms with Crippen molar-refractivity contribution in [2.45, 2.75) is 25.3 Å². The molecule has 0 aliphatic carbocycles. The number of carbonyl (C=O) groups is 1. The first-order valence-electron chi connectivity index (χ1n) is 7.85. The van der Waals surface area contributed by atoms with Gasteiger partial charge in [-0.25, -0.2) is 9.78 Å². The Hall–Kier alpha value is -3.17. The van der Waals surface area contributed by atoms with Gasteiger partial charge in [-0.1, -0.05) is 0 Å². The van der Waals surface area contributed by atoms with Crippen LogP contribution in [0.2, 0.25) is 0 Å². The number of H-pyrrole nitrogens is 1. The van der Waals surface area contributed by atoms with Crippen molar-refractivity contribution in [3.63, 3.8) is 0 Å². The fourth-order valence-corrected chi connectivity index (χ4v) is 2.92. The molecule has 3 rings (SSSR count). The summed E-state index contributed by atoms with van der Waals surface area (Å²) in [4.78, 5) is 28.9. The quantitative estimate of drug-likeness (QED) is 0.647. The summed E-state index contributed by atoms with van der Waals surface area (Å²) in [7, 11) is 1.40. The molecule has 0 bridgehead atoms. The number of piperidine rings is 1. The number of nitro groups is 1. The van der Waals surface area contributed by atoms with Gasteiger partial charge in [-0.2, -0.15) is 5.10 Å². The van der Waals surface area contributed by atoms with Gasteiger partial charge in [0.2, 0.25) is 0 Å². The van der Waals surface area contributed by atoms with Gasteiger partial charge < -0.3 is 15.0 Å². The molecule has 1 saturated heterocycles. The maximum absolute atomic E-state index is 12.7. The maximum atomic E-state index is 12.7. The minimum Gasteiger partial charge on any atom is -0.494 e.